The van der Waals surface area contributed by atoms with E-state index in [2.05, 4.69) is 0 Å². The van der Waals surface area contributed by atoms with Crippen molar-refractivity contribution in [1.82, 2.24) is 0 Å². The maximum Gasteiger partial charge on any atom is 0.308 e. The molecule has 1 N–H and O–H groups in total. The van der Waals surface area contributed by atoms with E-state index in [1.165, 1.54) is 0 Å². The maximum atomic E-state index is 12.1. The second-order valence-corrected chi connectivity index (χ2v) is 4.89. The van der Waals surface area contributed by atoms with Crippen LogP contribution in [0.5, 0.6) is 0 Å². The molecule has 4 heteroatoms. The number of aryl methyl sites for hydroxylation is 2. The minimum Gasteiger partial charge on any atom is -0.481 e. The highest BCUT2D eigenvalue weighted by molar-refractivity contribution is 5.94. The topological polar surface area (TPSA) is 57.6 Å². The smallest absolute Gasteiger partial charge is 0.308 e. The number of hydrogen-bond donors (Lipinski definition) is 1. The van der Waals surface area contributed by atoms with Crippen LogP contribution in [0.25, 0.3) is 0 Å². The third-order valence-corrected chi connectivity index (χ3v) is 3.14. The van der Waals surface area contributed by atoms with Crippen molar-refractivity contribution in [3.8, 4) is 0 Å². The van der Waals surface area contributed by atoms with Gasteiger partial charge in [-0.1, -0.05) is 26.0 Å². The third kappa shape index (κ3) is 3.81. The maximum absolute atomic E-state index is 12.1. The van der Waals surface area contributed by atoms with Crippen LogP contribution in [0.1, 0.15) is 31.4 Å². The molecule has 0 heterocycles. The van der Waals surface area contributed by atoms with Crippen LogP contribution in [0.3, 0.4) is 0 Å². The molecule has 0 aliphatic carbocycles. The Morgan fingerprint density at radius 1 is 1.32 bits per heavy atom. The molecule has 1 unspecified atom stereocenters. The number of carboxylic acid groups (broad SMARTS) is 1. The summed E-state index contributed by atoms with van der Waals surface area (Å²) in [5.74, 6) is -1.53. The Morgan fingerprint density at radius 3 is 2.47 bits per heavy atom. The molecule has 19 heavy (non-hydrogen) atoms. The van der Waals surface area contributed by atoms with Crippen molar-refractivity contribution in [2.75, 3.05) is 11.4 Å². The molecule has 0 aromatic heterocycles. The monoisotopic (exact) mass is 263 g/mol. The SMILES string of the molecule is CCC(=O)N(CC(C)C(=O)O)c1cc(C)ccc1C. The van der Waals surface area contributed by atoms with Gasteiger partial charge in [-0.05, 0) is 31.0 Å². The van der Waals surface area contributed by atoms with Gasteiger partial charge in [0.1, 0.15) is 0 Å². The second-order valence-electron chi connectivity index (χ2n) is 4.89. The van der Waals surface area contributed by atoms with Crippen molar-refractivity contribution in [3.05, 3.63) is 29.3 Å². The van der Waals surface area contributed by atoms with Crippen LogP contribution in [0.2, 0.25) is 0 Å². The van der Waals surface area contributed by atoms with Crippen LogP contribution in [0, 0.1) is 19.8 Å². The van der Waals surface area contributed by atoms with E-state index in [9.17, 15) is 9.59 Å². The lowest BCUT2D eigenvalue weighted by Gasteiger charge is -2.26. The summed E-state index contributed by atoms with van der Waals surface area (Å²) in [7, 11) is 0. The number of carbonyl (C=O) groups is 2. The number of anilines is 1. The lowest BCUT2D eigenvalue weighted by atomic mass is 10.1. The summed E-state index contributed by atoms with van der Waals surface area (Å²) in [6.07, 6.45) is 0.361. The van der Waals surface area contributed by atoms with Crippen molar-refractivity contribution in [1.29, 1.82) is 0 Å². The number of carbonyl (C=O) groups excluding carboxylic acids is 1. The van der Waals surface area contributed by atoms with Gasteiger partial charge in [0, 0.05) is 18.7 Å². The van der Waals surface area contributed by atoms with Crippen molar-refractivity contribution in [2.24, 2.45) is 5.92 Å². The number of hydrogen-bond acceptors (Lipinski definition) is 2. The van der Waals surface area contributed by atoms with E-state index in [-0.39, 0.29) is 12.5 Å². The van der Waals surface area contributed by atoms with Gasteiger partial charge in [0.2, 0.25) is 5.91 Å². The summed E-state index contributed by atoms with van der Waals surface area (Å²) in [6.45, 7) is 7.48. The first-order chi connectivity index (χ1) is 8.86. The van der Waals surface area contributed by atoms with Crippen LogP contribution in [0.15, 0.2) is 18.2 Å². The average Bonchev–Trinajstić information content (AvgIpc) is 2.37. The van der Waals surface area contributed by atoms with E-state index in [4.69, 9.17) is 5.11 Å². The number of amides is 1. The Labute approximate surface area is 114 Å². The molecule has 0 saturated heterocycles. The molecule has 1 aromatic rings. The highest BCUT2D eigenvalue weighted by Crippen LogP contribution is 2.23. The largest absolute Gasteiger partial charge is 0.481 e. The molecule has 0 saturated carbocycles. The first-order valence-corrected chi connectivity index (χ1v) is 6.47. The van der Waals surface area contributed by atoms with Crippen LogP contribution in [0.4, 0.5) is 5.69 Å². The fourth-order valence-corrected chi connectivity index (χ4v) is 1.89. The van der Waals surface area contributed by atoms with Crippen molar-refractivity contribution in [3.63, 3.8) is 0 Å². The zero-order valence-corrected chi connectivity index (χ0v) is 11.9. The Bertz CT molecular complexity index is 482. The summed E-state index contributed by atoms with van der Waals surface area (Å²) in [4.78, 5) is 24.6. The molecule has 104 valence electrons. The summed E-state index contributed by atoms with van der Waals surface area (Å²) >= 11 is 0. The molecular weight excluding hydrogens is 242 g/mol. The molecule has 4 nitrogen and oxygen atoms in total. The Hall–Kier alpha value is -1.84. The number of aliphatic carboxylic acids is 1. The highest BCUT2D eigenvalue weighted by atomic mass is 16.4. The fraction of sp³-hybridized carbons (Fsp3) is 0.467. The van der Waals surface area contributed by atoms with E-state index in [1.54, 1.807) is 18.7 Å². The molecule has 0 spiro atoms. The summed E-state index contributed by atoms with van der Waals surface area (Å²) in [6, 6.07) is 5.86. The lowest BCUT2D eigenvalue weighted by molar-refractivity contribution is -0.140. The molecular formula is C15H21NO3. The number of rotatable bonds is 5. The average molecular weight is 263 g/mol. The van der Waals surface area contributed by atoms with Gasteiger partial charge in [-0.25, -0.2) is 0 Å². The minimum atomic E-state index is -0.890. The van der Waals surface area contributed by atoms with Gasteiger partial charge in [-0.2, -0.15) is 0 Å². The molecule has 1 atom stereocenters. The first-order valence-electron chi connectivity index (χ1n) is 6.47. The van der Waals surface area contributed by atoms with Gasteiger partial charge in [0.25, 0.3) is 0 Å². The highest BCUT2D eigenvalue weighted by Gasteiger charge is 2.22. The van der Waals surface area contributed by atoms with Crippen LogP contribution in [-0.4, -0.2) is 23.5 Å². The predicted octanol–water partition coefficient (Wildman–Crippen LogP) is 2.77. The normalized spacial score (nSPS) is 12.0. The molecule has 1 amide bonds. The number of carboxylic acids is 1. The van der Waals surface area contributed by atoms with Gasteiger partial charge in [-0.3, -0.25) is 9.59 Å². The van der Waals surface area contributed by atoms with Crippen LogP contribution >= 0.6 is 0 Å². The summed E-state index contributed by atoms with van der Waals surface area (Å²) in [5, 5.41) is 9.02. The minimum absolute atomic E-state index is 0.0539. The fourth-order valence-electron chi connectivity index (χ4n) is 1.89. The quantitative estimate of drug-likeness (QED) is 0.888. The van der Waals surface area contributed by atoms with E-state index in [1.807, 2.05) is 32.0 Å². The zero-order chi connectivity index (χ0) is 14.6. The second kappa shape index (κ2) is 6.36. The summed E-state index contributed by atoms with van der Waals surface area (Å²) < 4.78 is 0. The molecule has 0 aliphatic heterocycles. The Kier molecular flexibility index (Phi) is 5.10. The van der Waals surface area contributed by atoms with E-state index < -0.39 is 11.9 Å². The molecule has 0 fully saturated rings. The molecule has 0 aliphatic rings. The standard InChI is InChI=1S/C15H21NO3/c1-5-14(17)16(9-12(4)15(18)19)13-8-10(2)6-7-11(13)3/h6-8,12H,5,9H2,1-4H3,(H,18,19). The molecule has 1 rings (SSSR count). The zero-order valence-electron chi connectivity index (χ0n) is 11.9. The van der Waals surface area contributed by atoms with Gasteiger partial charge < -0.3 is 10.0 Å². The van der Waals surface area contributed by atoms with E-state index in [0.29, 0.717) is 6.42 Å². The molecule has 0 bridgehead atoms. The third-order valence-electron chi connectivity index (χ3n) is 3.14. The Morgan fingerprint density at radius 2 is 1.95 bits per heavy atom. The van der Waals surface area contributed by atoms with Gasteiger partial charge in [0.15, 0.2) is 0 Å². The van der Waals surface area contributed by atoms with Crippen molar-refractivity contribution >= 4 is 17.6 Å². The predicted molar refractivity (Wildman–Crippen MR) is 75.4 cm³/mol. The van der Waals surface area contributed by atoms with Crippen molar-refractivity contribution < 1.29 is 14.7 Å². The summed E-state index contributed by atoms with van der Waals surface area (Å²) in [5.41, 5.74) is 2.84. The lowest BCUT2D eigenvalue weighted by Crippen LogP contribution is -2.37. The van der Waals surface area contributed by atoms with Crippen LogP contribution in [-0.2, 0) is 9.59 Å². The first kappa shape index (κ1) is 15.2. The Balaban J connectivity index is 3.13. The van der Waals surface area contributed by atoms with E-state index >= 15 is 0 Å². The van der Waals surface area contributed by atoms with E-state index in [0.717, 1.165) is 16.8 Å². The number of benzene rings is 1. The van der Waals surface area contributed by atoms with Crippen LogP contribution < -0.4 is 4.90 Å². The number of nitrogens with zero attached hydrogens (tertiary/aromatic N) is 1. The van der Waals surface area contributed by atoms with Gasteiger partial charge in [0.05, 0.1) is 5.92 Å². The molecule has 1 aromatic carbocycles. The van der Waals surface area contributed by atoms with Crippen molar-refractivity contribution in [2.45, 2.75) is 34.1 Å². The molecule has 0 radical (unpaired) electrons. The van der Waals surface area contributed by atoms with Gasteiger partial charge in [-0.15, -0.1) is 0 Å². The van der Waals surface area contributed by atoms with Gasteiger partial charge >= 0.3 is 5.97 Å².